The van der Waals surface area contributed by atoms with Crippen LogP contribution < -0.4 is 0 Å². The van der Waals surface area contributed by atoms with Crippen LogP contribution in [-0.2, 0) is 28.6 Å². The van der Waals surface area contributed by atoms with Gasteiger partial charge in [-0.15, -0.1) is 0 Å². The molecule has 422 valence electrons. The highest BCUT2D eigenvalue weighted by molar-refractivity contribution is 5.71. The zero-order valence-corrected chi connectivity index (χ0v) is 48.5. The summed E-state index contributed by atoms with van der Waals surface area (Å²) in [4.78, 5) is 38.3. The van der Waals surface area contributed by atoms with E-state index in [-0.39, 0.29) is 31.1 Å². The first-order valence-corrected chi connectivity index (χ1v) is 32.0. The first kappa shape index (κ1) is 69.6. The predicted molar refractivity (Wildman–Crippen MR) is 312 cm³/mol. The summed E-state index contributed by atoms with van der Waals surface area (Å²) in [5.74, 6) is -0.855. The molecule has 0 saturated carbocycles. The average Bonchev–Trinajstić information content (AvgIpc) is 3.38. The number of hydrogen-bond acceptors (Lipinski definition) is 6. The topological polar surface area (TPSA) is 78.9 Å². The fourth-order valence-corrected chi connectivity index (χ4v) is 9.53. The first-order valence-electron chi connectivity index (χ1n) is 32.0. The fraction of sp³-hybridized carbons (Fsp3) is 0.864. The Morgan fingerprint density at radius 1 is 0.278 bits per heavy atom. The van der Waals surface area contributed by atoms with Crippen LogP contribution >= 0.6 is 0 Å². The first-order chi connectivity index (χ1) is 35.5. The maximum absolute atomic E-state index is 12.9. The van der Waals surface area contributed by atoms with E-state index in [4.69, 9.17) is 14.2 Å². The van der Waals surface area contributed by atoms with E-state index in [2.05, 4.69) is 57.2 Å². The molecular formula is C66H122O6. The highest BCUT2D eigenvalue weighted by Crippen LogP contribution is 2.17. The smallest absolute Gasteiger partial charge is 0.306 e. The number of rotatable bonds is 59. The molecule has 0 saturated heterocycles. The molecule has 0 aromatic heterocycles. The molecule has 0 aliphatic heterocycles. The van der Waals surface area contributed by atoms with E-state index < -0.39 is 6.10 Å². The highest BCUT2D eigenvalue weighted by Gasteiger charge is 2.19. The Morgan fingerprint density at radius 2 is 0.500 bits per heavy atom. The van der Waals surface area contributed by atoms with E-state index >= 15 is 0 Å². The van der Waals surface area contributed by atoms with Gasteiger partial charge >= 0.3 is 17.9 Å². The van der Waals surface area contributed by atoms with Gasteiger partial charge in [-0.05, 0) is 77.0 Å². The van der Waals surface area contributed by atoms with Crippen molar-refractivity contribution in [3.05, 3.63) is 36.5 Å². The maximum Gasteiger partial charge on any atom is 0.306 e. The molecule has 0 N–H and O–H groups in total. The summed E-state index contributed by atoms with van der Waals surface area (Å²) < 4.78 is 17.0. The summed E-state index contributed by atoms with van der Waals surface area (Å²) in [6.07, 6.45) is 74.2. The molecule has 6 nitrogen and oxygen atoms in total. The van der Waals surface area contributed by atoms with Gasteiger partial charge in [-0.2, -0.15) is 0 Å². The van der Waals surface area contributed by atoms with Crippen LogP contribution in [0.4, 0.5) is 0 Å². The van der Waals surface area contributed by atoms with Gasteiger partial charge in [-0.3, -0.25) is 14.4 Å². The molecule has 72 heavy (non-hydrogen) atoms. The van der Waals surface area contributed by atoms with Gasteiger partial charge in [-0.1, -0.05) is 288 Å². The van der Waals surface area contributed by atoms with Gasteiger partial charge in [0, 0.05) is 19.3 Å². The second-order valence-electron chi connectivity index (χ2n) is 21.7. The van der Waals surface area contributed by atoms with Gasteiger partial charge < -0.3 is 14.2 Å². The van der Waals surface area contributed by atoms with Gasteiger partial charge in [0.05, 0.1) is 0 Å². The molecule has 1 unspecified atom stereocenters. The van der Waals surface area contributed by atoms with Crippen molar-refractivity contribution in [1.29, 1.82) is 0 Å². The molecule has 0 amide bonds. The second-order valence-corrected chi connectivity index (χ2v) is 21.7. The van der Waals surface area contributed by atoms with Gasteiger partial charge in [0.15, 0.2) is 6.10 Å². The van der Waals surface area contributed by atoms with Gasteiger partial charge in [0.1, 0.15) is 13.2 Å². The summed E-state index contributed by atoms with van der Waals surface area (Å²) in [5, 5.41) is 0. The zero-order chi connectivity index (χ0) is 52.2. The minimum Gasteiger partial charge on any atom is -0.462 e. The highest BCUT2D eigenvalue weighted by atomic mass is 16.6. The Kier molecular flexibility index (Phi) is 59.2. The molecule has 1 atom stereocenters. The van der Waals surface area contributed by atoms with Crippen molar-refractivity contribution in [2.75, 3.05) is 13.2 Å². The molecule has 6 heteroatoms. The lowest BCUT2D eigenvalue weighted by Crippen LogP contribution is -2.30. The van der Waals surface area contributed by atoms with E-state index in [1.807, 2.05) is 0 Å². The number of unbranched alkanes of at least 4 members (excludes halogenated alkanes) is 42. The van der Waals surface area contributed by atoms with E-state index in [0.29, 0.717) is 19.3 Å². The summed E-state index contributed by atoms with van der Waals surface area (Å²) in [6.45, 7) is 6.67. The van der Waals surface area contributed by atoms with Crippen molar-refractivity contribution in [3.63, 3.8) is 0 Å². The third-order valence-electron chi connectivity index (χ3n) is 14.4. The molecular weight excluding hydrogens is 889 g/mol. The molecule has 0 aromatic rings. The monoisotopic (exact) mass is 1010 g/mol. The maximum atomic E-state index is 12.9. The number of ether oxygens (including phenoxy) is 3. The number of hydrogen-bond donors (Lipinski definition) is 0. The quantitative estimate of drug-likeness (QED) is 0.0261. The Labute approximate surface area is 448 Å². The molecule has 0 spiro atoms. The van der Waals surface area contributed by atoms with Gasteiger partial charge in [0.2, 0.25) is 0 Å². The molecule has 0 aromatic carbocycles. The van der Waals surface area contributed by atoms with Crippen molar-refractivity contribution in [3.8, 4) is 0 Å². The van der Waals surface area contributed by atoms with E-state index in [1.165, 1.54) is 244 Å². The summed E-state index contributed by atoms with van der Waals surface area (Å²) in [6, 6.07) is 0. The average molecular weight is 1010 g/mol. The minimum atomic E-state index is -0.774. The Balaban J connectivity index is 4.34. The van der Waals surface area contributed by atoms with Crippen LogP contribution in [0.3, 0.4) is 0 Å². The third-order valence-corrected chi connectivity index (χ3v) is 14.4. The summed E-state index contributed by atoms with van der Waals surface area (Å²) in [7, 11) is 0. The van der Waals surface area contributed by atoms with Crippen LogP contribution in [0.5, 0.6) is 0 Å². The number of allylic oxidation sites excluding steroid dienone is 6. The lowest BCUT2D eigenvalue weighted by Gasteiger charge is -2.18. The van der Waals surface area contributed by atoms with E-state index in [0.717, 1.165) is 64.2 Å². The van der Waals surface area contributed by atoms with Crippen LogP contribution in [0.15, 0.2) is 36.5 Å². The fourth-order valence-electron chi connectivity index (χ4n) is 9.53. The van der Waals surface area contributed by atoms with Crippen molar-refractivity contribution >= 4 is 17.9 Å². The lowest BCUT2D eigenvalue weighted by molar-refractivity contribution is -0.167. The number of carbonyl (C=O) groups is 3. The molecule has 0 rings (SSSR count). The molecule has 0 aliphatic rings. The summed E-state index contributed by atoms with van der Waals surface area (Å²) in [5.41, 5.74) is 0. The molecule has 0 radical (unpaired) electrons. The third kappa shape index (κ3) is 58.5. The number of carbonyl (C=O) groups excluding carboxylic acids is 3. The minimum absolute atomic E-state index is 0.0708. The van der Waals surface area contributed by atoms with Gasteiger partial charge in [0.25, 0.3) is 0 Å². The Hall–Kier alpha value is -2.37. The SMILES string of the molecule is CCCCC/C=C\C/C=C\CCCCCCCCCCCC(=O)OCC(COC(=O)CCCCCCCCCCCCCCCCCCC)OC(=O)CCCCCCCCC/C=C\CCCCCCCCC. The van der Waals surface area contributed by atoms with Crippen LogP contribution in [0.2, 0.25) is 0 Å². The van der Waals surface area contributed by atoms with Gasteiger partial charge in [-0.25, -0.2) is 0 Å². The molecule has 0 heterocycles. The van der Waals surface area contributed by atoms with Crippen molar-refractivity contribution in [1.82, 2.24) is 0 Å². The molecule has 0 aliphatic carbocycles. The molecule has 0 bridgehead atoms. The van der Waals surface area contributed by atoms with E-state index in [9.17, 15) is 14.4 Å². The Bertz CT molecular complexity index is 1210. The second kappa shape index (κ2) is 61.2. The Morgan fingerprint density at radius 3 is 0.806 bits per heavy atom. The van der Waals surface area contributed by atoms with Crippen LogP contribution in [-0.4, -0.2) is 37.2 Å². The van der Waals surface area contributed by atoms with E-state index in [1.54, 1.807) is 0 Å². The van der Waals surface area contributed by atoms with Crippen LogP contribution in [0.25, 0.3) is 0 Å². The standard InChI is InChI=1S/C66H122O6/c1-4-7-10-13-16-19-22-25-28-31-33-36-38-41-44-47-50-53-56-59-65(68)71-62-63(61-70-64(67)58-55-52-49-46-43-40-37-34-30-27-24-21-18-15-12-9-6-3)72-66(69)60-57-54-51-48-45-42-39-35-32-29-26-23-20-17-14-11-8-5-2/h16,19,25,28-29,32,63H,4-15,17-18,20-24,26-27,30-31,33-62H2,1-3H3/b19-16-,28-25-,32-29-. The van der Waals surface area contributed by atoms with Crippen molar-refractivity contribution < 1.29 is 28.6 Å². The van der Waals surface area contributed by atoms with Crippen molar-refractivity contribution in [2.45, 2.75) is 354 Å². The molecule has 0 fully saturated rings. The van der Waals surface area contributed by atoms with Crippen LogP contribution in [0, 0.1) is 0 Å². The largest absolute Gasteiger partial charge is 0.462 e. The predicted octanol–water partition coefficient (Wildman–Crippen LogP) is 21.6. The normalized spacial score (nSPS) is 12.2. The number of esters is 3. The summed E-state index contributed by atoms with van der Waals surface area (Å²) >= 11 is 0. The zero-order valence-electron chi connectivity index (χ0n) is 48.5. The van der Waals surface area contributed by atoms with Crippen molar-refractivity contribution in [2.24, 2.45) is 0 Å². The van der Waals surface area contributed by atoms with Crippen LogP contribution in [0.1, 0.15) is 348 Å². The lowest BCUT2D eigenvalue weighted by atomic mass is 10.0.